The molecule has 0 aromatic carbocycles. The molecule has 5 nitrogen and oxygen atoms in total. The van der Waals surface area contributed by atoms with E-state index in [1.807, 2.05) is 12.3 Å². The predicted molar refractivity (Wildman–Crippen MR) is 75.9 cm³/mol. The van der Waals surface area contributed by atoms with Gasteiger partial charge in [-0.3, -0.25) is 16.3 Å². The standard InChI is InChI=1S/C15H23N3O2/c16-18-14(8-12-2-1-5-17-10-12)13-3-6-20-15(9-13)4-7-19-11-15/h1-2,5,10,13-14,18H,3-4,6-9,11,16H2. The maximum atomic E-state index is 6.00. The summed E-state index contributed by atoms with van der Waals surface area (Å²) >= 11 is 0. The second-order valence-corrected chi connectivity index (χ2v) is 5.93. The van der Waals surface area contributed by atoms with Crippen LogP contribution in [-0.4, -0.2) is 36.4 Å². The highest BCUT2D eigenvalue weighted by Gasteiger charge is 2.42. The van der Waals surface area contributed by atoms with E-state index in [2.05, 4.69) is 16.5 Å². The minimum atomic E-state index is -0.0625. The zero-order valence-electron chi connectivity index (χ0n) is 11.8. The molecule has 0 amide bonds. The van der Waals surface area contributed by atoms with Gasteiger partial charge in [0.25, 0.3) is 0 Å². The fraction of sp³-hybridized carbons (Fsp3) is 0.667. The van der Waals surface area contributed by atoms with E-state index in [4.69, 9.17) is 15.3 Å². The largest absolute Gasteiger partial charge is 0.378 e. The van der Waals surface area contributed by atoms with Gasteiger partial charge in [-0.15, -0.1) is 0 Å². The molecule has 3 heterocycles. The van der Waals surface area contributed by atoms with E-state index in [9.17, 15) is 0 Å². The first-order valence-corrected chi connectivity index (χ1v) is 7.38. The minimum Gasteiger partial charge on any atom is -0.378 e. The molecule has 110 valence electrons. The summed E-state index contributed by atoms with van der Waals surface area (Å²) in [7, 11) is 0. The number of ether oxygens (including phenoxy) is 2. The van der Waals surface area contributed by atoms with Crippen molar-refractivity contribution < 1.29 is 9.47 Å². The Morgan fingerprint density at radius 2 is 2.45 bits per heavy atom. The molecule has 1 aromatic heterocycles. The fourth-order valence-corrected chi connectivity index (χ4v) is 3.41. The lowest BCUT2D eigenvalue weighted by atomic mass is 9.79. The van der Waals surface area contributed by atoms with Crippen molar-refractivity contribution in [1.82, 2.24) is 10.4 Å². The maximum absolute atomic E-state index is 6.00. The van der Waals surface area contributed by atoms with Crippen LogP contribution in [0.3, 0.4) is 0 Å². The predicted octanol–water partition coefficient (Wildman–Crippen LogP) is 1.04. The molecule has 3 atom stereocenters. The van der Waals surface area contributed by atoms with Crippen LogP contribution in [0, 0.1) is 5.92 Å². The molecule has 0 radical (unpaired) electrons. The SMILES string of the molecule is NNC(Cc1cccnc1)C1CCOC2(CCOC2)C1. The van der Waals surface area contributed by atoms with Crippen LogP contribution in [0.2, 0.25) is 0 Å². The number of nitrogens with zero attached hydrogens (tertiary/aromatic N) is 1. The molecule has 20 heavy (non-hydrogen) atoms. The third kappa shape index (κ3) is 3.01. The first-order chi connectivity index (χ1) is 9.81. The fourth-order valence-electron chi connectivity index (χ4n) is 3.41. The Labute approximate surface area is 119 Å². The Kier molecular flexibility index (Phi) is 4.31. The number of rotatable bonds is 4. The molecular weight excluding hydrogens is 254 g/mol. The van der Waals surface area contributed by atoms with Gasteiger partial charge in [0.1, 0.15) is 0 Å². The Morgan fingerprint density at radius 1 is 1.50 bits per heavy atom. The molecule has 2 saturated heterocycles. The smallest absolute Gasteiger partial charge is 0.0939 e. The number of hydrogen-bond donors (Lipinski definition) is 2. The van der Waals surface area contributed by atoms with Crippen molar-refractivity contribution >= 4 is 0 Å². The molecule has 2 fully saturated rings. The van der Waals surface area contributed by atoms with E-state index in [0.717, 1.165) is 45.5 Å². The van der Waals surface area contributed by atoms with Gasteiger partial charge >= 0.3 is 0 Å². The van der Waals surface area contributed by atoms with E-state index in [-0.39, 0.29) is 11.6 Å². The Hall–Kier alpha value is -1.01. The van der Waals surface area contributed by atoms with E-state index in [1.54, 1.807) is 6.20 Å². The molecule has 0 saturated carbocycles. The van der Waals surface area contributed by atoms with Gasteiger partial charge in [0.05, 0.1) is 12.2 Å². The topological polar surface area (TPSA) is 69.4 Å². The lowest BCUT2D eigenvalue weighted by Gasteiger charge is -2.40. The van der Waals surface area contributed by atoms with E-state index in [1.165, 1.54) is 5.56 Å². The molecule has 3 rings (SSSR count). The van der Waals surface area contributed by atoms with Crippen molar-refractivity contribution in [1.29, 1.82) is 0 Å². The molecule has 1 aromatic rings. The average molecular weight is 277 g/mol. The van der Waals surface area contributed by atoms with Crippen LogP contribution in [0.15, 0.2) is 24.5 Å². The van der Waals surface area contributed by atoms with Gasteiger partial charge in [-0.25, -0.2) is 0 Å². The highest BCUT2D eigenvalue weighted by Crippen LogP contribution is 2.37. The van der Waals surface area contributed by atoms with Gasteiger partial charge in [0, 0.05) is 38.1 Å². The van der Waals surface area contributed by atoms with E-state index < -0.39 is 0 Å². The van der Waals surface area contributed by atoms with Crippen LogP contribution in [0.1, 0.15) is 24.8 Å². The number of nitrogens with one attached hydrogen (secondary N) is 1. The van der Waals surface area contributed by atoms with Crippen molar-refractivity contribution in [3.8, 4) is 0 Å². The molecule has 3 N–H and O–H groups in total. The summed E-state index contributed by atoms with van der Waals surface area (Å²) in [5.41, 5.74) is 4.16. The monoisotopic (exact) mass is 277 g/mol. The van der Waals surface area contributed by atoms with Crippen molar-refractivity contribution in [3.05, 3.63) is 30.1 Å². The number of aromatic nitrogens is 1. The van der Waals surface area contributed by atoms with Crippen LogP contribution in [0.25, 0.3) is 0 Å². The molecular formula is C15H23N3O2. The van der Waals surface area contributed by atoms with Gasteiger partial charge < -0.3 is 9.47 Å². The highest BCUT2D eigenvalue weighted by atomic mass is 16.6. The summed E-state index contributed by atoms with van der Waals surface area (Å²) in [6, 6.07) is 4.34. The maximum Gasteiger partial charge on any atom is 0.0939 e. The quantitative estimate of drug-likeness (QED) is 0.636. The minimum absolute atomic E-state index is 0.0625. The Morgan fingerprint density at radius 3 is 3.15 bits per heavy atom. The Bertz CT molecular complexity index is 420. The van der Waals surface area contributed by atoms with E-state index >= 15 is 0 Å². The molecule has 0 bridgehead atoms. The van der Waals surface area contributed by atoms with Crippen LogP contribution in [-0.2, 0) is 15.9 Å². The zero-order valence-corrected chi connectivity index (χ0v) is 11.8. The van der Waals surface area contributed by atoms with Gasteiger partial charge in [-0.05, 0) is 36.8 Å². The van der Waals surface area contributed by atoms with Gasteiger partial charge in [0.15, 0.2) is 0 Å². The van der Waals surface area contributed by atoms with Gasteiger partial charge in [-0.1, -0.05) is 6.07 Å². The van der Waals surface area contributed by atoms with Crippen LogP contribution < -0.4 is 11.3 Å². The first kappa shape index (κ1) is 13.9. The normalized spacial score (nSPS) is 31.6. The van der Waals surface area contributed by atoms with Crippen molar-refractivity contribution in [2.45, 2.75) is 37.3 Å². The van der Waals surface area contributed by atoms with Gasteiger partial charge in [0.2, 0.25) is 0 Å². The lowest BCUT2D eigenvalue weighted by molar-refractivity contribution is -0.103. The van der Waals surface area contributed by atoms with Crippen LogP contribution >= 0.6 is 0 Å². The summed E-state index contributed by atoms with van der Waals surface area (Å²) in [6.07, 6.45) is 7.71. The molecule has 2 aliphatic rings. The summed E-state index contributed by atoms with van der Waals surface area (Å²) in [6.45, 7) is 2.35. The summed E-state index contributed by atoms with van der Waals surface area (Å²) in [4.78, 5) is 4.17. The Balaban J connectivity index is 1.66. The van der Waals surface area contributed by atoms with Crippen molar-refractivity contribution in [2.75, 3.05) is 19.8 Å². The van der Waals surface area contributed by atoms with E-state index in [0.29, 0.717) is 5.92 Å². The average Bonchev–Trinajstić information content (AvgIpc) is 2.93. The van der Waals surface area contributed by atoms with Crippen LogP contribution in [0.5, 0.6) is 0 Å². The lowest BCUT2D eigenvalue weighted by Crippen LogP contribution is -2.50. The summed E-state index contributed by atoms with van der Waals surface area (Å²) < 4.78 is 11.5. The van der Waals surface area contributed by atoms with Crippen LogP contribution in [0.4, 0.5) is 0 Å². The second-order valence-electron chi connectivity index (χ2n) is 5.93. The summed E-state index contributed by atoms with van der Waals surface area (Å²) in [5.74, 6) is 6.32. The summed E-state index contributed by atoms with van der Waals surface area (Å²) in [5, 5.41) is 0. The second kappa shape index (κ2) is 6.18. The van der Waals surface area contributed by atoms with Crippen molar-refractivity contribution in [3.63, 3.8) is 0 Å². The molecule has 0 aliphatic carbocycles. The van der Waals surface area contributed by atoms with Gasteiger partial charge in [-0.2, -0.15) is 0 Å². The highest BCUT2D eigenvalue weighted by molar-refractivity contribution is 5.11. The number of hydrogen-bond acceptors (Lipinski definition) is 5. The number of pyridine rings is 1. The third-order valence-electron chi connectivity index (χ3n) is 4.56. The first-order valence-electron chi connectivity index (χ1n) is 7.38. The molecule has 2 aliphatic heterocycles. The van der Waals surface area contributed by atoms with Crippen molar-refractivity contribution in [2.24, 2.45) is 11.8 Å². The molecule has 5 heteroatoms. The number of nitrogens with two attached hydrogens (primary N) is 1. The zero-order chi connectivity index (χ0) is 13.8. The number of hydrazine groups is 1. The third-order valence-corrected chi connectivity index (χ3v) is 4.56. The molecule has 1 spiro atoms. The molecule has 3 unspecified atom stereocenters.